The average Bonchev–Trinajstić information content (AvgIpc) is 2.97. The van der Waals surface area contributed by atoms with Crippen LogP contribution in [0.4, 0.5) is 0 Å². The molecule has 1 aliphatic rings. The maximum absolute atomic E-state index is 6.06. The van der Waals surface area contributed by atoms with Crippen LogP contribution in [-0.4, -0.2) is 6.04 Å². The number of hydrogen-bond acceptors (Lipinski definition) is 1. The molecule has 0 bridgehead atoms. The molecule has 1 atom stereocenters. The second kappa shape index (κ2) is 4.14. The van der Waals surface area contributed by atoms with Crippen molar-refractivity contribution in [1.82, 2.24) is 0 Å². The molecule has 0 spiro atoms. The lowest BCUT2D eigenvalue weighted by atomic mass is 10.0. The number of aryl methyl sites for hydroxylation is 2. The highest BCUT2D eigenvalue weighted by Crippen LogP contribution is 2.33. The summed E-state index contributed by atoms with van der Waals surface area (Å²) in [5, 5.41) is 0. The van der Waals surface area contributed by atoms with Crippen LogP contribution < -0.4 is 5.73 Å². The lowest BCUT2D eigenvalue weighted by Gasteiger charge is -2.09. The van der Waals surface area contributed by atoms with E-state index < -0.39 is 0 Å². The molecule has 76 valence electrons. The van der Waals surface area contributed by atoms with Crippen molar-refractivity contribution in [3.63, 3.8) is 0 Å². The molecule has 1 nitrogen and oxygen atoms in total. The highest BCUT2D eigenvalue weighted by molar-refractivity contribution is 5.22. The molecule has 0 aromatic heterocycles. The van der Waals surface area contributed by atoms with E-state index in [9.17, 15) is 0 Å². The Kier molecular flexibility index (Phi) is 2.87. The van der Waals surface area contributed by atoms with Gasteiger partial charge in [0.1, 0.15) is 0 Å². The van der Waals surface area contributed by atoms with Gasteiger partial charge in [-0.05, 0) is 44.1 Å². The Balaban J connectivity index is 1.84. The first-order valence-corrected chi connectivity index (χ1v) is 5.57. The van der Waals surface area contributed by atoms with Gasteiger partial charge in [-0.15, -0.1) is 0 Å². The second-order valence-electron chi connectivity index (χ2n) is 4.53. The van der Waals surface area contributed by atoms with Gasteiger partial charge in [0, 0.05) is 6.04 Å². The molecule has 0 radical (unpaired) electrons. The monoisotopic (exact) mass is 189 g/mol. The third-order valence-corrected chi connectivity index (χ3v) is 3.08. The summed E-state index contributed by atoms with van der Waals surface area (Å²) in [7, 11) is 0. The van der Waals surface area contributed by atoms with Crippen molar-refractivity contribution in [2.75, 3.05) is 0 Å². The van der Waals surface area contributed by atoms with Crippen LogP contribution in [0.15, 0.2) is 24.3 Å². The quantitative estimate of drug-likeness (QED) is 0.774. The molecule has 2 N–H and O–H groups in total. The first kappa shape index (κ1) is 9.72. The molecule has 1 aromatic rings. The molecule has 1 fully saturated rings. The maximum atomic E-state index is 6.06. The van der Waals surface area contributed by atoms with Gasteiger partial charge in [0.25, 0.3) is 0 Å². The predicted molar refractivity (Wildman–Crippen MR) is 60.2 cm³/mol. The fraction of sp³-hybridized carbons (Fsp3) is 0.538. The smallest absolute Gasteiger partial charge is 0.00703 e. The molecule has 1 aliphatic carbocycles. The van der Waals surface area contributed by atoms with Crippen LogP contribution in [-0.2, 0) is 6.42 Å². The van der Waals surface area contributed by atoms with E-state index in [1.54, 1.807) is 0 Å². The first-order chi connectivity index (χ1) is 6.75. The Bertz CT molecular complexity index is 302. The molecule has 0 saturated heterocycles. The third-order valence-electron chi connectivity index (χ3n) is 3.08. The third kappa shape index (κ3) is 2.58. The molecular weight excluding hydrogens is 170 g/mol. The van der Waals surface area contributed by atoms with Crippen LogP contribution in [0, 0.1) is 12.8 Å². The molecular formula is C13H19N. The van der Waals surface area contributed by atoms with Crippen molar-refractivity contribution in [2.45, 2.75) is 38.6 Å². The van der Waals surface area contributed by atoms with Crippen LogP contribution in [0.25, 0.3) is 0 Å². The molecule has 0 amide bonds. The van der Waals surface area contributed by atoms with Crippen molar-refractivity contribution >= 4 is 0 Å². The minimum atomic E-state index is 0.440. The van der Waals surface area contributed by atoms with E-state index in [1.165, 1.54) is 24.0 Å². The minimum absolute atomic E-state index is 0.440. The number of nitrogens with two attached hydrogens (primary N) is 1. The summed E-state index contributed by atoms with van der Waals surface area (Å²) in [5.74, 6) is 0.833. The van der Waals surface area contributed by atoms with E-state index >= 15 is 0 Å². The van der Waals surface area contributed by atoms with Gasteiger partial charge in [0.15, 0.2) is 0 Å². The molecule has 0 heterocycles. The summed E-state index contributed by atoms with van der Waals surface area (Å²) < 4.78 is 0. The van der Waals surface area contributed by atoms with E-state index in [0.717, 1.165) is 18.8 Å². The topological polar surface area (TPSA) is 26.0 Å². The zero-order valence-electron chi connectivity index (χ0n) is 8.87. The predicted octanol–water partition coefficient (Wildman–Crippen LogP) is 2.66. The van der Waals surface area contributed by atoms with E-state index in [-0.39, 0.29) is 0 Å². The van der Waals surface area contributed by atoms with E-state index in [4.69, 9.17) is 5.73 Å². The number of rotatable bonds is 4. The summed E-state index contributed by atoms with van der Waals surface area (Å²) >= 11 is 0. The van der Waals surface area contributed by atoms with Crippen LogP contribution in [0.5, 0.6) is 0 Å². The molecule has 14 heavy (non-hydrogen) atoms. The normalized spacial score (nSPS) is 18.1. The summed E-state index contributed by atoms with van der Waals surface area (Å²) in [6.45, 7) is 2.14. The second-order valence-corrected chi connectivity index (χ2v) is 4.53. The largest absolute Gasteiger partial charge is 0.327 e. The molecule has 1 heteroatoms. The fourth-order valence-corrected chi connectivity index (χ4v) is 1.96. The Morgan fingerprint density at radius 3 is 2.86 bits per heavy atom. The molecule has 1 aromatic carbocycles. The molecule has 1 unspecified atom stereocenters. The zero-order valence-corrected chi connectivity index (χ0v) is 8.87. The molecule has 1 saturated carbocycles. The molecule has 2 rings (SSSR count). The zero-order chi connectivity index (χ0) is 9.97. The summed E-state index contributed by atoms with van der Waals surface area (Å²) in [6.07, 6.45) is 5.00. The van der Waals surface area contributed by atoms with Crippen LogP contribution in [0.2, 0.25) is 0 Å². The van der Waals surface area contributed by atoms with Gasteiger partial charge >= 0.3 is 0 Å². The highest BCUT2D eigenvalue weighted by Gasteiger charge is 2.27. The average molecular weight is 189 g/mol. The van der Waals surface area contributed by atoms with Gasteiger partial charge in [0.2, 0.25) is 0 Å². The summed E-state index contributed by atoms with van der Waals surface area (Å²) in [5.41, 5.74) is 8.85. The van der Waals surface area contributed by atoms with Crippen molar-refractivity contribution < 1.29 is 0 Å². The van der Waals surface area contributed by atoms with Crippen LogP contribution in [0.3, 0.4) is 0 Å². The first-order valence-electron chi connectivity index (χ1n) is 5.57. The van der Waals surface area contributed by atoms with E-state index in [0.29, 0.717) is 6.04 Å². The van der Waals surface area contributed by atoms with Gasteiger partial charge in [-0.3, -0.25) is 0 Å². The standard InChI is InChI=1S/C13H19N/c1-10-3-2-4-11(9-10)5-8-13(14)12-6-7-12/h2-4,9,12-13H,5-8,14H2,1H3. The van der Waals surface area contributed by atoms with Crippen molar-refractivity contribution in [3.05, 3.63) is 35.4 Å². The minimum Gasteiger partial charge on any atom is -0.327 e. The van der Waals surface area contributed by atoms with Crippen molar-refractivity contribution in [2.24, 2.45) is 11.7 Å². The lowest BCUT2D eigenvalue weighted by molar-refractivity contribution is 0.550. The highest BCUT2D eigenvalue weighted by atomic mass is 14.7. The Labute approximate surface area is 86.3 Å². The summed E-state index contributed by atoms with van der Waals surface area (Å²) in [6, 6.07) is 9.18. The maximum Gasteiger partial charge on any atom is 0.00703 e. The van der Waals surface area contributed by atoms with Crippen molar-refractivity contribution in [3.8, 4) is 0 Å². The van der Waals surface area contributed by atoms with Gasteiger partial charge in [-0.25, -0.2) is 0 Å². The van der Waals surface area contributed by atoms with E-state index in [2.05, 4.69) is 31.2 Å². The van der Waals surface area contributed by atoms with Crippen LogP contribution in [0.1, 0.15) is 30.4 Å². The summed E-state index contributed by atoms with van der Waals surface area (Å²) in [4.78, 5) is 0. The molecule has 0 aliphatic heterocycles. The fourth-order valence-electron chi connectivity index (χ4n) is 1.96. The van der Waals surface area contributed by atoms with Crippen LogP contribution >= 0.6 is 0 Å². The van der Waals surface area contributed by atoms with E-state index in [1.807, 2.05) is 0 Å². The van der Waals surface area contributed by atoms with Crippen molar-refractivity contribution in [1.29, 1.82) is 0 Å². The Hall–Kier alpha value is -0.820. The lowest BCUT2D eigenvalue weighted by Crippen LogP contribution is -2.22. The Morgan fingerprint density at radius 1 is 1.43 bits per heavy atom. The number of hydrogen-bond donors (Lipinski definition) is 1. The number of benzene rings is 1. The van der Waals surface area contributed by atoms with Gasteiger partial charge < -0.3 is 5.73 Å². The van der Waals surface area contributed by atoms with Gasteiger partial charge in [0.05, 0.1) is 0 Å². The SMILES string of the molecule is Cc1cccc(CCC(N)C2CC2)c1. The van der Waals surface area contributed by atoms with Gasteiger partial charge in [-0.1, -0.05) is 29.8 Å². The van der Waals surface area contributed by atoms with Gasteiger partial charge in [-0.2, -0.15) is 0 Å². The Morgan fingerprint density at radius 2 is 2.21 bits per heavy atom.